The number of nitrogens with one attached hydrogen (secondary N) is 2. The number of amides is 2. The molecule has 1 saturated heterocycles. The van der Waals surface area contributed by atoms with Crippen molar-refractivity contribution in [2.75, 3.05) is 65.5 Å². The number of pyridine rings is 1. The van der Waals surface area contributed by atoms with Crippen molar-refractivity contribution < 1.29 is 41.3 Å². The molecule has 12 nitrogen and oxygen atoms in total. The Balaban J connectivity index is 1.42. The van der Waals surface area contributed by atoms with Crippen LogP contribution in [0.3, 0.4) is 0 Å². The summed E-state index contributed by atoms with van der Waals surface area (Å²) in [6.45, 7) is 7.81. The lowest BCUT2D eigenvalue weighted by molar-refractivity contribution is -0.138. The van der Waals surface area contributed by atoms with Crippen LogP contribution in [0.5, 0.6) is 17.4 Å². The van der Waals surface area contributed by atoms with Crippen molar-refractivity contribution >= 4 is 17.4 Å². The van der Waals surface area contributed by atoms with Crippen LogP contribution in [0.2, 0.25) is 0 Å². The maximum absolute atomic E-state index is 15.1. The maximum Gasteiger partial charge on any atom is 0.416 e. The highest BCUT2D eigenvalue weighted by molar-refractivity contribution is 6.03. The lowest BCUT2D eigenvalue weighted by Gasteiger charge is -2.34. The first-order valence-electron chi connectivity index (χ1n) is 16.7. The van der Waals surface area contributed by atoms with Crippen LogP contribution in [-0.2, 0) is 30.6 Å². The molecule has 282 valence electrons. The zero-order valence-corrected chi connectivity index (χ0v) is 29.7. The number of hydrogen-bond acceptors (Lipinski definition) is 10. The summed E-state index contributed by atoms with van der Waals surface area (Å²) in [6.07, 6.45) is -2.15. The lowest BCUT2D eigenvalue weighted by atomic mass is 10.0. The third kappa shape index (κ3) is 11.5. The van der Waals surface area contributed by atoms with E-state index in [4.69, 9.17) is 24.7 Å². The number of anilines is 1. The van der Waals surface area contributed by atoms with E-state index >= 15 is 4.39 Å². The van der Waals surface area contributed by atoms with Crippen molar-refractivity contribution in [3.05, 3.63) is 88.6 Å². The molecule has 0 saturated carbocycles. The molecule has 0 spiro atoms. The zero-order valence-electron chi connectivity index (χ0n) is 29.7. The van der Waals surface area contributed by atoms with E-state index < -0.39 is 29.3 Å². The van der Waals surface area contributed by atoms with Crippen LogP contribution in [0.4, 0.5) is 28.0 Å². The van der Waals surface area contributed by atoms with E-state index in [0.717, 1.165) is 30.1 Å². The third-order valence-electron chi connectivity index (χ3n) is 8.35. The Morgan fingerprint density at radius 1 is 1.02 bits per heavy atom. The number of nitrogens with zero attached hydrogens (tertiary/aromatic N) is 4. The van der Waals surface area contributed by atoms with E-state index in [1.54, 1.807) is 33.4 Å². The standard InChI is InChI=1S/C36H45F4N7O5/c1-5-46-10-12-47(13-11-46)22-26-16-30(37)31(17-29(26)36(38,39)40)44-35(48)45-32(19-41)24(2)42-20-27-21-43-34(18-33(27)51-15-14-49-3)52-23-25-6-8-28(50-4)9-7-25/h6-9,16-19,21H,5,10-15,20,22-23,41H2,1-4H3,(H2,44,45,48)/b32-19+,42-24-. The number of allylic oxidation sites excluding steroid dienone is 1. The average molecular weight is 732 g/mol. The number of hydrogen-bond donors (Lipinski definition) is 3. The van der Waals surface area contributed by atoms with E-state index in [0.29, 0.717) is 56.0 Å². The highest BCUT2D eigenvalue weighted by atomic mass is 19.4. The molecular formula is C36H45F4N7O5. The molecule has 0 bridgehead atoms. The minimum Gasteiger partial charge on any atom is -0.497 e. The summed E-state index contributed by atoms with van der Waals surface area (Å²) in [7, 11) is 3.14. The fraction of sp³-hybridized carbons (Fsp3) is 0.417. The summed E-state index contributed by atoms with van der Waals surface area (Å²) in [5.74, 6) is 0.487. The van der Waals surface area contributed by atoms with Gasteiger partial charge in [0.2, 0.25) is 5.88 Å². The zero-order chi connectivity index (χ0) is 37.7. The minimum atomic E-state index is -4.77. The number of halogens is 4. The normalized spacial score (nSPS) is 14.6. The molecule has 3 aromatic rings. The number of rotatable bonds is 16. The summed E-state index contributed by atoms with van der Waals surface area (Å²) in [6, 6.07) is 9.47. The van der Waals surface area contributed by atoms with Gasteiger partial charge in [-0.05, 0) is 48.9 Å². The second kappa shape index (κ2) is 19.1. The molecule has 4 N–H and O–H groups in total. The second-order valence-corrected chi connectivity index (χ2v) is 11.9. The fourth-order valence-electron chi connectivity index (χ4n) is 5.32. The molecular weight excluding hydrogens is 686 g/mol. The minimum absolute atomic E-state index is 0.0473. The van der Waals surface area contributed by atoms with Crippen LogP contribution in [0.25, 0.3) is 0 Å². The molecule has 2 aromatic carbocycles. The van der Waals surface area contributed by atoms with E-state index in [-0.39, 0.29) is 43.3 Å². The Kier molecular flexibility index (Phi) is 14.6. The summed E-state index contributed by atoms with van der Waals surface area (Å²) >= 11 is 0. The molecule has 1 aromatic heterocycles. The highest BCUT2D eigenvalue weighted by Gasteiger charge is 2.35. The van der Waals surface area contributed by atoms with Gasteiger partial charge in [0.25, 0.3) is 0 Å². The molecule has 1 aliphatic heterocycles. The number of nitrogens with two attached hydrogens (primary N) is 1. The van der Waals surface area contributed by atoms with Crippen molar-refractivity contribution in [2.45, 2.75) is 39.7 Å². The topological polar surface area (TPSA) is 136 Å². The number of piperazine rings is 1. The first-order valence-corrected chi connectivity index (χ1v) is 16.7. The van der Waals surface area contributed by atoms with Crippen LogP contribution in [0, 0.1) is 5.82 Å². The SMILES string of the molecule is CCN1CCN(Cc2cc(F)c(NC(=O)NC(=C/N)/C(C)=N\Cc3cnc(OCc4ccc(OC)cc4)cc3OCCOC)cc2C(F)(F)F)CC1. The fourth-order valence-corrected chi connectivity index (χ4v) is 5.32. The Labute approximate surface area is 300 Å². The van der Waals surface area contributed by atoms with Crippen LogP contribution >= 0.6 is 0 Å². The van der Waals surface area contributed by atoms with Crippen LogP contribution < -0.4 is 30.6 Å². The molecule has 0 unspecified atom stereocenters. The molecule has 2 heterocycles. The molecule has 1 aliphatic rings. The number of likely N-dealkylation sites (N-methyl/N-ethyl adjacent to an activating group) is 1. The smallest absolute Gasteiger partial charge is 0.416 e. The Morgan fingerprint density at radius 2 is 1.73 bits per heavy atom. The number of ether oxygens (including phenoxy) is 4. The van der Waals surface area contributed by atoms with Gasteiger partial charge < -0.3 is 40.2 Å². The van der Waals surface area contributed by atoms with Gasteiger partial charge in [0, 0.05) is 63.9 Å². The van der Waals surface area contributed by atoms with E-state index in [1.807, 2.05) is 36.1 Å². The number of urea groups is 1. The molecule has 1 fully saturated rings. The van der Waals surface area contributed by atoms with Gasteiger partial charge in [-0.25, -0.2) is 14.2 Å². The predicted molar refractivity (Wildman–Crippen MR) is 189 cm³/mol. The molecule has 0 aliphatic carbocycles. The number of methoxy groups -OCH3 is 2. The predicted octanol–water partition coefficient (Wildman–Crippen LogP) is 5.57. The van der Waals surface area contributed by atoms with Gasteiger partial charge in [-0.15, -0.1) is 0 Å². The molecule has 2 amide bonds. The molecule has 52 heavy (non-hydrogen) atoms. The van der Waals surface area contributed by atoms with Crippen molar-refractivity contribution in [1.29, 1.82) is 0 Å². The third-order valence-corrected chi connectivity index (χ3v) is 8.35. The van der Waals surface area contributed by atoms with Crippen molar-refractivity contribution in [2.24, 2.45) is 10.7 Å². The number of benzene rings is 2. The lowest BCUT2D eigenvalue weighted by Crippen LogP contribution is -2.45. The summed E-state index contributed by atoms with van der Waals surface area (Å²) < 4.78 is 79.4. The van der Waals surface area contributed by atoms with Crippen molar-refractivity contribution in [3.8, 4) is 17.4 Å². The number of alkyl halides is 3. The molecule has 16 heteroatoms. The van der Waals surface area contributed by atoms with Gasteiger partial charge >= 0.3 is 12.2 Å². The van der Waals surface area contributed by atoms with Crippen LogP contribution in [0.1, 0.15) is 36.1 Å². The number of carbonyl (C=O) groups excluding carboxylic acids is 1. The number of carbonyl (C=O) groups is 1. The highest BCUT2D eigenvalue weighted by Crippen LogP contribution is 2.36. The van der Waals surface area contributed by atoms with E-state index in [2.05, 4.69) is 25.5 Å². The van der Waals surface area contributed by atoms with Crippen molar-refractivity contribution in [3.63, 3.8) is 0 Å². The first-order chi connectivity index (χ1) is 24.9. The number of aliphatic imine (C=N–C) groups is 1. The van der Waals surface area contributed by atoms with Gasteiger partial charge in [0.15, 0.2) is 0 Å². The molecule has 0 radical (unpaired) electrons. The summed E-state index contributed by atoms with van der Waals surface area (Å²) in [5.41, 5.74) is 5.71. The first kappa shape index (κ1) is 39.8. The van der Waals surface area contributed by atoms with Crippen molar-refractivity contribution in [1.82, 2.24) is 20.1 Å². The van der Waals surface area contributed by atoms with Crippen LogP contribution in [0.15, 0.2) is 65.6 Å². The van der Waals surface area contributed by atoms with Gasteiger partial charge in [0.05, 0.1) is 42.9 Å². The summed E-state index contributed by atoms with van der Waals surface area (Å²) in [5, 5.41) is 4.61. The van der Waals surface area contributed by atoms with Gasteiger partial charge in [-0.2, -0.15) is 13.2 Å². The summed E-state index contributed by atoms with van der Waals surface area (Å²) in [4.78, 5) is 25.8. The van der Waals surface area contributed by atoms with E-state index in [1.165, 1.54) is 0 Å². The Bertz CT molecular complexity index is 1700. The molecule has 4 rings (SSSR count). The quantitative estimate of drug-likeness (QED) is 0.0982. The monoisotopic (exact) mass is 731 g/mol. The Hall–Kier alpha value is -4.93. The maximum atomic E-state index is 15.1. The van der Waals surface area contributed by atoms with Gasteiger partial charge in [0.1, 0.15) is 30.5 Å². The average Bonchev–Trinajstić information content (AvgIpc) is 3.13. The van der Waals surface area contributed by atoms with Gasteiger partial charge in [-0.1, -0.05) is 19.1 Å². The second-order valence-electron chi connectivity index (χ2n) is 11.9. The van der Waals surface area contributed by atoms with Gasteiger partial charge in [-0.3, -0.25) is 9.89 Å². The largest absolute Gasteiger partial charge is 0.497 e. The van der Waals surface area contributed by atoms with Crippen LogP contribution in [-0.4, -0.2) is 86.7 Å². The van der Waals surface area contributed by atoms with E-state index in [9.17, 15) is 18.0 Å². The number of aromatic nitrogens is 1. The Morgan fingerprint density at radius 3 is 2.37 bits per heavy atom. The molecule has 0 atom stereocenters.